The Kier molecular flexibility index (Phi) is 7.43. The third-order valence-corrected chi connectivity index (χ3v) is 6.51. The molecule has 6 nitrogen and oxygen atoms in total. The number of hydrogen-bond donors (Lipinski definition) is 2. The Labute approximate surface area is 196 Å². The lowest BCUT2D eigenvalue weighted by Gasteiger charge is -2.19. The normalized spacial score (nSPS) is 11.6. The van der Waals surface area contributed by atoms with Crippen LogP contribution in [-0.2, 0) is 15.4 Å². The minimum atomic E-state index is -3.82. The predicted molar refractivity (Wildman–Crippen MR) is 131 cm³/mol. The van der Waals surface area contributed by atoms with Crippen molar-refractivity contribution >= 4 is 21.6 Å². The second-order valence-corrected chi connectivity index (χ2v) is 10.5. The molecule has 0 spiro atoms. The van der Waals surface area contributed by atoms with Crippen LogP contribution < -0.4 is 14.8 Å². The molecule has 174 valence electrons. The number of ether oxygens (including phenoxy) is 1. The molecule has 0 aromatic heterocycles. The maximum absolute atomic E-state index is 12.7. The number of anilines is 1. The van der Waals surface area contributed by atoms with E-state index in [4.69, 9.17) is 4.74 Å². The van der Waals surface area contributed by atoms with Gasteiger partial charge >= 0.3 is 0 Å². The van der Waals surface area contributed by atoms with Crippen molar-refractivity contribution in [2.75, 3.05) is 17.9 Å². The molecule has 0 unspecified atom stereocenters. The number of aryl methyl sites for hydroxylation is 1. The fourth-order valence-corrected chi connectivity index (χ4v) is 4.25. The zero-order chi connectivity index (χ0) is 24.1. The molecule has 0 radical (unpaired) electrons. The van der Waals surface area contributed by atoms with Gasteiger partial charge in [0.1, 0.15) is 12.4 Å². The molecule has 33 heavy (non-hydrogen) atoms. The van der Waals surface area contributed by atoms with Crippen molar-refractivity contribution in [1.82, 2.24) is 5.32 Å². The van der Waals surface area contributed by atoms with Gasteiger partial charge in [0.05, 0.1) is 22.7 Å². The molecule has 3 aromatic carbocycles. The molecule has 0 heterocycles. The van der Waals surface area contributed by atoms with E-state index in [1.807, 2.05) is 31.2 Å². The third-order valence-electron chi connectivity index (χ3n) is 5.12. The number of sulfonamides is 1. The van der Waals surface area contributed by atoms with Gasteiger partial charge in [0, 0.05) is 0 Å². The summed E-state index contributed by atoms with van der Waals surface area (Å²) in [5.41, 5.74) is 2.70. The van der Waals surface area contributed by atoms with E-state index in [0.29, 0.717) is 0 Å². The molecule has 0 aliphatic carbocycles. The van der Waals surface area contributed by atoms with E-state index in [1.54, 1.807) is 36.4 Å². The fraction of sp³-hybridized carbons (Fsp3) is 0.269. The van der Waals surface area contributed by atoms with Crippen LogP contribution in [0.15, 0.2) is 77.7 Å². The van der Waals surface area contributed by atoms with E-state index in [2.05, 4.69) is 30.8 Å². The lowest BCUT2D eigenvalue weighted by molar-refractivity contribution is 0.0948. The Hall–Kier alpha value is -3.32. The summed E-state index contributed by atoms with van der Waals surface area (Å²) in [6, 6.07) is 20.9. The molecule has 1 amide bonds. The SMILES string of the molecule is Cc1ccc(S(=O)(=O)Nc2ccccc2C(=O)NCCOc2ccc(C(C)(C)C)cc2)cc1. The molecule has 0 aliphatic heterocycles. The van der Waals surface area contributed by atoms with Crippen LogP contribution in [0.5, 0.6) is 5.75 Å². The molecule has 0 saturated heterocycles. The summed E-state index contributed by atoms with van der Waals surface area (Å²) in [6.07, 6.45) is 0. The summed E-state index contributed by atoms with van der Waals surface area (Å²) < 4.78 is 33.7. The average molecular weight is 467 g/mol. The van der Waals surface area contributed by atoms with Crippen LogP contribution in [0.25, 0.3) is 0 Å². The number of para-hydroxylation sites is 1. The molecule has 0 atom stereocenters. The second-order valence-electron chi connectivity index (χ2n) is 8.84. The number of benzene rings is 3. The first kappa shape index (κ1) is 24.3. The standard InChI is InChI=1S/C26H30N2O4S/c1-19-9-15-22(16-10-19)33(30,31)28-24-8-6-5-7-23(24)25(29)27-17-18-32-21-13-11-20(12-14-21)26(2,3)4/h5-16,28H,17-18H2,1-4H3,(H,27,29). The summed E-state index contributed by atoms with van der Waals surface area (Å²) in [5, 5.41) is 2.78. The van der Waals surface area contributed by atoms with E-state index in [1.165, 1.54) is 17.7 Å². The van der Waals surface area contributed by atoms with Crippen molar-refractivity contribution in [2.24, 2.45) is 0 Å². The molecule has 0 fully saturated rings. The Morgan fingerprint density at radius 3 is 2.18 bits per heavy atom. The van der Waals surface area contributed by atoms with Crippen molar-refractivity contribution in [3.8, 4) is 5.75 Å². The van der Waals surface area contributed by atoms with Crippen molar-refractivity contribution in [3.63, 3.8) is 0 Å². The van der Waals surface area contributed by atoms with Gasteiger partial charge in [-0.15, -0.1) is 0 Å². The van der Waals surface area contributed by atoms with Crippen LogP contribution in [0.4, 0.5) is 5.69 Å². The summed E-state index contributed by atoms with van der Waals surface area (Å²) in [7, 11) is -3.82. The first-order valence-corrected chi connectivity index (χ1v) is 12.2. The highest BCUT2D eigenvalue weighted by Gasteiger charge is 2.18. The zero-order valence-electron chi connectivity index (χ0n) is 19.4. The maximum atomic E-state index is 12.7. The average Bonchev–Trinajstić information content (AvgIpc) is 2.77. The Morgan fingerprint density at radius 1 is 0.909 bits per heavy atom. The zero-order valence-corrected chi connectivity index (χ0v) is 20.2. The van der Waals surface area contributed by atoms with Crippen LogP contribution >= 0.6 is 0 Å². The van der Waals surface area contributed by atoms with Gasteiger partial charge in [0.15, 0.2) is 0 Å². The third kappa shape index (κ3) is 6.58. The van der Waals surface area contributed by atoms with E-state index in [9.17, 15) is 13.2 Å². The molecule has 3 rings (SSSR count). The molecule has 3 aromatic rings. The van der Waals surface area contributed by atoms with Gasteiger partial charge < -0.3 is 10.1 Å². The quantitative estimate of drug-likeness (QED) is 0.463. The molecular weight excluding hydrogens is 436 g/mol. The van der Waals surface area contributed by atoms with E-state index in [-0.39, 0.29) is 40.6 Å². The van der Waals surface area contributed by atoms with Gasteiger partial charge in [-0.25, -0.2) is 8.42 Å². The van der Waals surface area contributed by atoms with Crippen molar-refractivity contribution in [3.05, 3.63) is 89.5 Å². The van der Waals surface area contributed by atoms with Gasteiger partial charge in [-0.3, -0.25) is 9.52 Å². The second kappa shape index (κ2) is 10.1. The first-order valence-electron chi connectivity index (χ1n) is 10.8. The van der Waals surface area contributed by atoms with Crippen LogP contribution in [-0.4, -0.2) is 27.5 Å². The molecule has 0 bridgehead atoms. The van der Waals surface area contributed by atoms with Crippen LogP contribution in [0.3, 0.4) is 0 Å². The first-order chi connectivity index (χ1) is 15.6. The Bertz CT molecular complexity index is 1200. The minimum absolute atomic E-state index is 0.0703. The van der Waals surface area contributed by atoms with Crippen molar-refractivity contribution in [1.29, 1.82) is 0 Å². The van der Waals surface area contributed by atoms with Crippen molar-refractivity contribution < 1.29 is 17.9 Å². The number of hydrogen-bond acceptors (Lipinski definition) is 4. The van der Waals surface area contributed by atoms with Crippen LogP contribution in [0, 0.1) is 6.92 Å². The molecular formula is C26H30N2O4S. The fourth-order valence-electron chi connectivity index (χ4n) is 3.17. The number of rotatable bonds is 8. The predicted octanol–water partition coefficient (Wildman–Crippen LogP) is 4.90. The largest absolute Gasteiger partial charge is 0.492 e. The molecule has 2 N–H and O–H groups in total. The Balaban J connectivity index is 1.59. The van der Waals surface area contributed by atoms with Gasteiger partial charge in [0.2, 0.25) is 0 Å². The highest BCUT2D eigenvalue weighted by molar-refractivity contribution is 7.92. The van der Waals surface area contributed by atoms with Gasteiger partial charge in [0.25, 0.3) is 15.9 Å². The molecule has 0 aliphatic rings. The van der Waals surface area contributed by atoms with Gasteiger partial charge in [-0.05, 0) is 54.3 Å². The monoisotopic (exact) mass is 466 g/mol. The topological polar surface area (TPSA) is 84.5 Å². The summed E-state index contributed by atoms with van der Waals surface area (Å²) in [5.74, 6) is 0.340. The molecule has 0 saturated carbocycles. The van der Waals surface area contributed by atoms with E-state index < -0.39 is 10.0 Å². The maximum Gasteiger partial charge on any atom is 0.261 e. The smallest absolute Gasteiger partial charge is 0.261 e. The lowest BCUT2D eigenvalue weighted by atomic mass is 9.87. The number of nitrogens with one attached hydrogen (secondary N) is 2. The number of carbonyl (C=O) groups is 1. The number of amides is 1. The lowest BCUT2D eigenvalue weighted by Crippen LogP contribution is -2.29. The van der Waals surface area contributed by atoms with Gasteiger partial charge in [-0.2, -0.15) is 0 Å². The summed E-state index contributed by atoms with van der Waals surface area (Å²) in [4.78, 5) is 12.8. The van der Waals surface area contributed by atoms with E-state index >= 15 is 0 Å². The van der Waals surface area contributed by atoms with Crippen LogP contribution in [0.2, 0.25) is 0 Å². The molecule has 7 heteroatoms. The van der Waals surface area contributed by atoms with Crippen molar-refractivity contribution in [2.45, 2.75) is 38.0 Å². The Morgan fingerprint density at radius 2 is 1.55 bits per heavy atom. The van der Waals surface area contributed by atoms with Gasteiger partial charge in [-0.1, -0.05) is 62.7 Å². The van der Waals surface area contributed by atoms with Crippen LogP contribution in [0.1, 0.15) is 42.3 Å². The van der Waals surface area contributed by atoms with E-state index in [0.717, 1.165) is 11.3 Å². The summed E-state index contributed by atoms with van der Waals surface area (Å²) >= 11 is 0. The highest BCUT2D eigenvalue weighted by atomic mass is 32.2. The summed E-state index contributed by atoms with van der Waals surface area (Å²) in [6.45, 7) is 8.90. The highest BCUT2D eigenvalue weighted by Crippen LogP contribution is 2.24. The minimum Gasteiger partial charge on any atom is -0.492 e. The number of carbonyl (C=O) groups excluding carboxylic acids is 1.